The highest BCUT2D eigenvalue weighted by Gasteiger charge is 2.09. The summed E-state index contributed by atoms with van der Waals surface area (Å²) in [6, 6.07) is 12.7. The Morgan fingerprint density at radius 2 is 1.81 bits per heavy atom. The Morgan fingerprint density at radius 1 is 1.00 bits per heavy atom. The Bertz CT molecular complexity index is 508. The molecule has 1 aromatic carbocycles. The van der Waals surface area contributed by atoms with E-state index < -0.39 is 0 Å². The van der Waals surface area contributed by atoms with E-state index in [-0.39, 0.29) is 0 Å². The molecule has 2 aromatic rings. The van der Waals surface area contributed by atoms with Crippen molar-refractivity contribution in [1.82, 2.24) is 10.2 Å². The smallest absolute Gasteiger partial charge is 0.117 e. The number of furan rings is 1. The van der Waals surface area contributed by atoms with Crippen LogP contribution in [0.4, 0.5) is 0 Å². The van der Waals surface area contributed by atoms with Crippen LogP contribution >= 0.6 is 0 Å². The first kappa shape index (κ1) is 15.8. The fourth-order valence-electron chi connectivity index (χ4n) is 2.50. The molecule has 0 radical (unpaired) electrons. The van der Waals surface area contributed by atoms with E-state index in [1.165, 1.54) is 11.1 Å². The predicted octanol–water partition coefficient (Wildman–Crippen LogP) is 3.45. The molecule has 2 rings (SSSR count). The van der Waals surface area contributed by atoms with E-state index in [4.69, 9.17) is 4.42 Å². The normalized spacial score (nSPS) is 11.2. The Labute approximate surface area is 128 Å². The van der Waals surface area contributed by atoms with Crippen LogP contribution in [0, 0.1) is 0 Å². The zero-order valence-corrected chi connectivity index (χ0v) is 13.1. The van der Waals surface area contributed by atoms with E-state index in [2.05, 4.69) is 48.3 Å². The van der Waals surface area contributed by atoms with Crippen molar-refractivity contribution < 1.29 is 4.42 Å². The van der Waals surface area contributed by atoms with E-state index >= 15 is 0 Å². The van der Waals surface area contributed by atoms with Crippen LogP contribution in [-0.2, 0) is 19.5 Å². The van der Waals surface area contributed by atoms with Gasteiger partial charge in [-0.05, 0) is 49.3 Å². The average Bonchev–Trinajstić information content (AvgIpc) is 3.01. The van der Waals surface area contributed by atoms with E-state index in [9.17, 15) is 0 Å². The molecule has 0 saturated heterocycles. The lowest BCUT2D eigenvalue weighted by Gasteiger charge is -2.21. The third-order valence-electron chi connectivity index (χ3n) is 3.74. The molecular formula is C18H26N2O. The molecule has 0 bridgehead atoms. The summed E-state index contributed by atoms with van der Waals surface area (Å²) < 4.78 is 5.46. The van der Waals surface area contributed by atoms with E-state index in [0.717, 1.165) is 44.9 Å². The van der Waals surface area contributed by atoms with E-state index in [1.54, 1.807) is 6.26 Å². The molecule has 0 amide bonds. The van der Waals surface area contributed by atoms with Gasteiger partial charge in [0.15, 0.2) is 0 Å². The number of nitrogens with zero attached hydrogens (tertiary/aromatic N) is 1. The second-order valence-corrected chi connectivity index (χ2v) is 5.25. The molecule has 1 aromatic heterocycles. The van der Waals surface area contributed by atoms with Crippen LogP contribution in [0.25, 0.3) is 0 Å². The second-order valence-electron chi connectivity index (χ2n) is 5.25. The maximum atomic E-state index is 5.46. The van der Waals surface area contributed by atoms with E-state index in [1.807, 2.05) is 12.1 Å². The molecule has 114 valence electrons. The quantitative estimate of drug-likeness (QED) is 0.716. The Hall–Kier alpha value is -1.58. The number of rotatable bonds is 9. The van der Waals surface area contributed by atoms with Crippen LogP contribution < -0.4 is 5.32 Å². The monoisotopic (exact) mass is 286 g/mol. The minimum atomic E-state index is 0.866. The molecule has 0 aliphatic rings. The Balaban J connectivity index is 1.99. The van der Waals surface area contributed by atoms with Gasteiger partial charge in [-0.25, -0.2) is 0 Å². The van der Waals surface area contributed by atoms with Crippen molar-refractivity contribution in [2.24, 2.45) is 0 Å². The van der Waals surface area contributed by atoms with Crippen LogP contribution in [0.3, 0.4) is 0 Å². The molecule has 1 heterocycles. The number of hydrogen-bond donors (Lipinski definition) is 1. The first-order chi connectivity index (χ1) is 10.3. The highest BCUT2D eigenvalue weighted by Crippen LogP contribution is 2.14. The number of benzene rings is 1. The summed E-state index contributed by atoms with van der Waals surface area (Å²) in [5.74, 6) is 1.03. The predicted molar refractivity (Wildman–Crippen MR) is 87.2 cm³/mol. The zero-order chi connectivity index (χ0) is 14.9. The van der Waals surface area contributed by atoms with Crippen LogP contribution in [0.1, 0.15) is 30.7 Å². The van der Waals surface area contributed by atoms with Crippen LogP contribution in [-0.4, -0.2) is 24.5 Å². The third-order valence-corrected chi connectivity index (χ3v) is 3.74. The van der Waals surface area contributed by atoms with Crippen molar-refractivity contribution in [3.8, 4) is 0 Å². The van der Waals surface area contributed by atoms with Gasteiger partial charge in [-0.2, -0.15) is 0 Å². The van der Waals surface area contributed by atoms with Crippen molar-refractivity contribution in [2.75, 3.05) is 19.6 Å². The largest absolute Gasteiger partial charge is 0.468 e. The van der Waals surface area contributed by atoms with Gasteiger partial charge in [0.1, 0.15) is 5.76 Å². The summed E-state index contributed by atoms with van der Waals surface area (Å²) in [7, 11) is 0. The first-order valence-corrected chi connectivity index (χ1v) is 7.85. The number of likely N-dealkylation sites (N-methyl/N-ethyl adjacent to an activating group) is 1. The molecular weight excluding hydrogens is 260 g/mol. The van der Waals surface area contributed by atoms with E-state index in [0.29, 0.717) is 0 Å². The van der Waals surface area contributed by atoms with Gasteiger partial charge in [0.05, 0.1) is 12.8 Å². The van der Waals surface area contributed by atoms with Crippen molar-refractivity contribution in [3.63, 3.8) is 0 Å². The van der Waals surface area contributed by atoms with Crippen molar-refractivity contribution >= 4 is 0 Å². The molecule has 3 heteroatoms. The first-order valence-electron chi connectivity index (χ1n) is 7.85. The SMILES string of the molecule is CCNCCc1ccccc1CN(CC)Cc1ccco1. The zero-order valence-electron chi connectivity index (χ0n) is 13.1. The lowest BCUT2D eigenvalue weighted by molar-refractivity contribution is 0.247. The summed E-state index contributed by atoms with van der Waals surface area (Å²) in [6.45, 7) is 9.27. The van der Waals surface area contributed by atoms with Gasteiger partial charge >= 0.3 is 0 Å². The van der Waals surface area contributed by atoms with Crippen molar-refractivity contribution in [1.29, 1.82) is 0 Å². The minimum absolute atomic E-state index is 0.866. The maximum Gasteiger partial charge on any atom is 0.117 e. The summed E-state index contributed by atoms with van der Waals surface area (Å²) in [5, 5.41) is 3.40. The topological polar surface area (TPSA) is 28.4 Å². The molecule has 0 spiro atoms. The summed E-state index contributed by atoms with van der Waals surface area (Å²) in [5.41, 5.74) is 2.86. The van der Waals surface area contributed by atoms with Gasteiger partial charge in [-0.1, -0.05) is 38.1 Å². The molecule has 0 fully saturated rings. The third kappa shape index (κ3) is 5.03. The number of hydrogen-bond acceptors (Lipinski definition) is 3. The second kappa shape index (κ2) is 8.65. The molecule has 21 heavy (non-hydrogen) atoms. The fraction of sp³-hybridized carbons (Fsp3) is 0.444. The van der Waals surface area contributed by atoms with Crippen LogP contribution in [0.5, 0.6) is 0 Å². The molecule has 0 saturated carbocycles. The van der Waals surface area contributed by atoms with Gasteiger partial charge in [0.25, 0.3) is 0 Å². The highest BCUT2D eigenvalue weighted by molar-refractivity contribution is 5.27. The van der Waals surface area contributed by atoms with Gasteiger partial charge in [-0.15, -0.1) is 0 Å². The molecule has 3 nitrogen and oxygen atoms in total. The molecule has 0 atom stereocenters. The lowest BCUT2D eigenvalue weighted by Crippen LogP contribution is -2.23. The maximum absolute atomic E-state index is 5.46. The van der Waals surface area contributed by atoms with Crippen molar-refractivity contribution in [3.05, 3.63) is 59.5 Å². The number of nitrogens with one attached hydrogen (secondary N) is 1. The van der Waals surface area contributed by atoms with Crippen molar-refractivity contribution in [2.45, 2.75) is 33.4 Å². The molecule has 0 aliphatic carbocycles. The molecule has 0 aliphatic heterocycles. The Morgan fingerprint density at radius 3 is 2.48 bits per heavy atom. The van der Waals surface area contributed by atoms with Crippen LogP contribution in [0.15, 0.2) is 47.1 Å². The lowest BCUT2D eigenvalue weighted by atomic mass is 10.0. The molecule has 1 N–H and O–H groups in total. The van der Waals surface area contributed by atoms with Gasteiger partial charge in [-0.3, -0.25) is 4.90 Å². The highest BCUT2D eigenvalue weighted by atomic mass is 16.3. The summed E-state index contributed by atoms with van der Waals surface area (Å²) >= 11 is 0. The average molecular weight is 286 g/mol. The van der Waals surface area contributed by atoms with Gasteiger partial charge in [0.2, 0.25) is 0 Å². The Kier molecular flexibility index (Phi) is 6.51. The standard InChI is InChI=1S/C18H26N2O/c1-3-19-12-11-16-8-5-6-9-17(16)14-20(4-2)15-18-10-7-13-21-18/h5-10,13,19H,3-4,11-12,14-15H2,1-2H3. The molecule has 0 unspecified atom stereocenters. The fourth-order valence-corrected chi connectivity index (χ4v) is 2.50. The summed E-state index contributed by atoms with van der Waals surface area (Å²) in [6.07, 6.45) is 2.83. The van der Waals surface area contributed by atoms with Crippen LogP contribution in [0.2, 0.25) is 0 Å². The van der Waals surface area contributed by atoms with Gasteiger partial charge in [0, 0.05) is 6.54 Å². The minimum Gasteiger partial charge on any atom is -0.468 e. The van der Waals surface area contributed by atoms with Gasteiger partial charge < -0.3 is 9.73 Å². The summed E-state index contributed by atoms with van der Waals surface area (Å²) in [4.78, 5) is 2.41.